The number of fused-ring (bicyclic) bond motifs is 2. The number of ether oxygens (including phenoxy) is 1. The van der Waals surface area contributed by atoms with Crippen LogP contribution < -0.4 is 10.1 Å². The summed E-state index contributed by atoms with van der Waals surface area (Å²) in [4.78, 5) is 17.2. The van der Waals surface area contributed by atoms with Crippen LogP contribution in [0.25, 0.3) is 10.2 Å². The molecule has 1 aromatic heterocycles. The van der Waals surface area contributed by atoms with E-state index in [9.17, 15) is 13.2 Å². The second kappa shape index (κ2) is 7.60. The number of hydrogen-bond donors (Lipinski definition) is 1. The summed E-state index contributed by atoms with van der Waals surface area (Å²) in [5.74, 6) is 0.141. The van der Waals surface area contributed by atoms with E-state index < -0.39 is 15.9 Å². The van der Waals surface area contributed by atoms with Crippen LogP contribution in [-0.2, 0) is 21.2 Å². The number of anilines is 1. The number of halogens is 1. The quantitative estimate of drug-likeness (QED) is 0.582. The number of carbonyl (C=O) groups is 1. The molecule has 1 saturated heterocycles. The molecule has 3 heterocycles. The van der Waals surface area contributed by atoms with Gasteiger partial charge in [-0.05, 0) is 52.7 Å². The van der Waals surface area contributed by atoms with Crippen LogP contribution >= 0.6 is 27.3 Å². The first-order valence-electron chi connectivity index (χ1n) is 9.52. The Morgan fingerprint density at radius 3 is 3.03 bits per heavy atom. The Morgan fingerprint density at radius 1 is 1.30 bits per heavy atom. The molecule has 0 aliphatic carbocycles. The molecule has 2 aromatic carbocycles. The molecule has 0 bridgehead atoms. The highest BCUT2D eigenvalue weighted by atomic mass is 79.9. The van der Waals surface area contributed by atoms with Gasteiger partial charge < -0.3 is 10.1 Å². The Hall–Kier alpha value is -2.01. The summed E-state index contributed by atoms with van der Waals surface area (Å²) in [5.41, 5.74) is 4.14. The number of nitrogens with zero attached hydrogens (tertiary/aromatic N) is 2. The SMILES string of the molecule is O=C(Nc1ccc2scnc2c1)[C@@H]1CCN(S(=O)(=O)c2ccc3c(c2Br)CCO3)C1. The lowest BCUT2D eigenvalue weighted by Crippen LogP contribution is -2.31. The Morgan fingerprint density at radius 2 is 2.17 bits per heavy atom. The molecule has 1 N–H and O–H groups in total. The van der Waals surface area contributed by atoms with Gasteiger partial charge in [0.05, 0.1) is 33.1 Å². The highest BCUT2D eigenvalue weighted by Crippen LogP contribution is 2.38. The van der Waals surface area contributed by atoms with Crippen LogP contribution in [0.1, 0.15) is 12.0 Å². The zero-order chi connectivity index (χ0) is 20.9. The third-order valence-electron chi connectivity index (χ3n) is 5.51. The van der Waals surface area contributed by atoms with Crippen molar-refractivity contribution in [3.05, 3.63) is 45.9 Å². The molecule has 0 spiro atoms. The molecule has 5 rings (SSSR count). The van der Waals surface area contributed by atoms with Crippen molar-refractivity contribution in [2.75, 3.05) is 25.0 Å². The first-order valence-corrected chi connectivity index (χ1v) is 12.6. The number of sulfonamides is 1. The second-order valence-electron chi connectivity index (χ2n) is 7.33. The number of aromatic nitrogens is 1. The minimum absolute atomic E-state index is 0.160. The largest absolute Gasteiger partial charge is 0.493 e. The molecule has 2 aliphatic heterocycles. The average Bonchev–Trinajstić information content (AvgIpc) is 3.47. The summed E-state index contributed by atoms with van der Waals surface area (Å²) in [6.45, 7) is 1.02. The molecule has 3 aromatic rings. The summed E-state index contributed by atoms with van der Waals surface area (Å²) < 4.78 is 34.9. The van der Waals surface area contributed by atoms with Gasteiger partial charge in [0, 0.05) is 35.2 Å². The Bertz CT molecular complexity index is 1260. The van der Waals surface area contributed by atoms with Crippen molar-refractivity contribution in [1.82, 2.24) is 9.29 Å². The highest BCUT2D eigenvalue weighted by Gasteiger charge is 2.37. The predicted octanol–water partition coefficient (Wildman–Crippen LogP) is 3.64. The molecule has 0 unspecified atom stereocenters. The van der Waals surface area contributed by atoms with Gasteiger partial charge in [-0.2, -0.15) is 4.31 Å². The van der Waals surface area contributed by atoms with Crippen LogP contribution in [0.15, 0.2) is 45.2 Å². The van der Waals surface area contributed by atoms with E-state index in [0.29, 0.717) is 36.2 Å². The van der Waals surface area contributed by atoms with Crippen molar-refractivity contribution in [3.63, 3.8) is 0 Å². The van der Waals surface area contributed by atoms with Gasteiger partial charge in [-0.15, -0.1) is 11.3 Å². The van der Waals surface area contributed by atoms with Gasteiger partial charge >= 0.3 is 0 Å². The van der Waals surface area contributed by atoms with Crippen molar-refractivity contribution >= 4 is 59.1 Å². The third-order valence-corrected chi connectivity index (χ3v) is 9.40. The van der Waals surface area contributed by atoms with E-state index in [1.54, 1.807) is 29.0 Å². The Kier molecular flexibility index (Phi) is 5.04. The smallest absolute Gasteiger partial charge is 0.244 e. The number of benzene rings is 2. The maximum atomic E-state index is 13.2. The van der Waals surface area contributed by atoms with Crippen molar-refractivity contribution in [2.24, 2.45) is 5.92 Å². The first-order chi connectivity index (χ1) is 14.4. The minimum atomic E-state index is -3.71. The van der Waals surface area contributed by atoms with E-state index in [1.807, 2.05) is 18.2 Å². The van der Waals surface area contributed by atoms with E-state index in [1.165, 1.54) is 4.31 Å². The molecule has 156 valence electrons. The van der Waals surface area contributed by atoms with Gasteiger partial charge in [0.15, 0.2) is 0 Å². The van der Waals surface area contributed by atoms with Gasteiger partial charge in [0.25, 0.3) is 0 Å². The molecular weight excluding hydrogens is 490 g/mol. The van der Waals surface area contributed by atoms with Crippen LogP contribution in [0, 0.1) is 5.92 Å². The predicted molar refractivity (Wildman–Crippen MR) is 118 cm³/mol. The summed E-state index contributed by atoms with van der Waals surface area (Å²) >= 11 is 4.99. The van der Waals surface area contributed by atoms with Crippen molar-refractivity contribution in [3.8, 4) is 5.75 Å². The monoisotopic (exact) mass is 507 g/mol. The molecule has 7 nitrogen and oxygen atoms in total. The van der Waals surface area contributed by atoms with E-state index in [4.69, 9.17) is 4.74 Å². The van der Waals surface area contributed by atoms with Gasteiger partial charge in [-0.25, -0.2) is 13.4 Å². The van der Waals surface area contributed by atoms with Gasteiger partial charge in [-0.3, -0.25) is 4.79 Å². The van der Waals surface area contributed by atoms with Gasteiger partial charge in [0.1, 0.15) is 5.75 Å². The lowest BCUT2D eigenvalue weighted by molar-refractivity contribution is -0.119. The molecule has 0 saturated carbocycles. The summed E-state index contributed by atoms with van der Waals surface area (Å²) in [6, 6.07) is 8.86. The molecule has 1 atom stereocenters. The van der Waals surface area contributed by atoms with Gasteiger partial charge in [-0.1, -0.05) is 0 Å². The normalized spacial score (nSPS) is 19.0. The second-order valence-corrected chi connectivity index (χ2v) is 10.9. The number of hydrogen-bond acceptors (Lipinski definition) is 6. The number of rotatable bonds is 4. The van der Waals surface area contributed by atoms with Crippen LogP contribution in [0.4, 0.5) is 5.69 Å². The van der Waals surface area contributed by atoms with E-state index in [2.05, 4.69) is 26.2 Å². The maximum Gasteiger partial charge on any atom is 0.244 e. The van der Waals surface area contributed by atoms with Crippen molar-refractivity contribution in [1.29, 1.82) is 0 Å². The standard InChI is InChI=1S/C20H18BrN3O4S2/c21-19-14-6-8-28-16(14)2-4-18(19)30(26,27)24-7-5-12(10-24)20(25)23-13-1-3-17-15(9-13)22-11-29-17/h1-4,9,11-12H,5-8,10H2,(H,23,25)/t12-/m1/s1. The number of thiazole rings is 1. The van der Waals surface area contributed by atoms with E-state index in [-0.39, 0.29) is 17.3 Å². The Balaban J connectivity index is 1.32. The topological polar surface area (TPSA) is 88.6 Å². The molecule has 1 amide bonds. The molecule has 1 fully saturated rings. The number of carbonyl (C=O) groups excluding carboxylic acids is 1. The Labute approximate surface area is 186 Å². The number of nitrogens with one attached hydrogen (secondary N) is 1. The summed E-state index contributed by atoms with van der Waals surface area (Å²) in [7, 11) is -3.71. The number of amides is 1. The van der Waals surface area contributed by atoms with Crippen LogP contribution in [0.5, 0.6) is 5.75 Å². The lowest BCUT2D eigenvalue weighted by atomic mass is 10.1. The van der Waals surface area contributed by atoms with Crippen molar-refractivity contribution in [2.45, 2.75) is 17.7 Å². The molecule has 0 radical (unpaired) electrons. The highest BCUT2D eigenvalue weighted by molar-refractivity contribution is 9.10. The lowest BCUT2D eigenvalue weighted by Gasteiger charge is -2.18. The molecular formula is C20H18BrN3O4S2. The summed E-state index contributed by atoms with van der Waals surface area (Å²) in [6.07, 6.45) is 1.16. The summed E-state index contributed by atoms with van der Waals surface area (Å²) in [5, 5.41) is 2.90. The van der Waals surface area contributed by atoms with Crippen LogP contribution in [0.3, 0.4) is 0 Å². The minimum Gasteiger partial charge on any atom is -0.493 e. The fourth-order valence-corrected chi connectivity index (χ4v) is 7.28. The average molecular weight is 508 g/mol. The van der Waals surface area contributed by atoms with E-state index in [0.717, 1.165) is 21.5 Å². The first kappa shape index (κ1) is 19.9. The zero-order valence-corrected chi connectivity index (χ0v) is 19.0. The fourth-order valence-electron chi connectivity index (χ4n) is 3.89. The third kappa shape index (κ3) is 3.41. The zero-order valence-electron chi connectivity index (χ0n) is 15.8. The molecule has 30 heavy (non-hydrogen) atoms. The maximum absolute atomic E-state index is 13.2. The molecule has 2 aliphatic rings. The van der Waals surface area contributed by atoms with Gasteiger partial charge in [0.2, 0.25) is 15.9 Å². The van der Waals surface area contributed by atoms with E-state index >= 15 is 0 Å². The fraction of sp³-hybridized carbons (Fsp3) is 0.300. The van der Waals surface area contributed by atoms with Crippen LogP contribution in [-0.4, -0.2) is 43.3 Å². The molecule has 10 heteroatoms. The van der Waals surface area contributed by atoms with Crippen LogP contribution in [0.2, 0.25) is 0 Å². The van der Waals surface area contributed by atoms with Crippen molar-refractivity contribution < 1.29 is 17.9 Å².